The molecule has 0 spiro atoms. The first-order valence-corrected chi connectivity index (χ1v) is 5.78. The Labute approximate surface area is 80.5 Å². The molecular weight excluding hydrogens is 164 g/mol. The predicted molar refractivity (Wildman–Crippen MR) is 54.4 cm³/mol. The lowest BCUT2D eigenvalue weighted by Crippen LogP contribution is -2.34. The minimum absolute atomic E-state index is 0.376. The SMILES string of the molecule is CC1C2C3CCC(C)(S)C(C3)C12. The van der Waals surface area contributed by atoms with Gasteiger partial charge in [-0.25, -0.2) is 0 Å². The molecule has 0 nitrogen and oxygen atoms in total. The van der Waals surface area contributed by atoms with Gasteiger partial charge in [0.1, 0.15) is 0 Å². The molecule has 1 heteroatoms. The molecule has 3 saturated carbocycles. The van der Waals surface area contributed by atoms with Crippen molar-refractivity contribution in [2.75, 3.05) is 0 Å². The lowest BCUT2D eigenvalue weighted by molar-refractivity contribution is 0.233. The Kier molecular flexibility index (Phi) is 1.32. The fourth-order valence-electron chi connectivity index (χ4n) is 4.19. The Morgan fingerprint density at radius 2 is 2.08 bits per heavy atom. The molecule has 3 aliphatic carbocycles. The fourth-order valence-corrected chi connectivity index (χ4v) is 4.59. The van der Waals surface area contributed by atoms with E-state index in [0.717, 1.165) is 29.6 Å². The van der Waals surface area contributed by atoms with E-state index in [9.17, 15) is 0 Å². The maximum atomic E-state index is 4.85. The zero-order valence-electron chi connectivity index (χ0n) is 7.96. The van der Waals surface area contributed by atoms with Crippen molar-refractivity contribution in [2.45, 2.75) is 37.9 Å². The van der Waals surface area contributed by atoms with Gasteiger partial charge in [-0.05, 0) is 48.9 Å². The van der Waals surface area contributed by atoms with Gasteiger partial charge in [0.2, 0.25) is 0 Å². The summed E-state index contributed by atoms with van der Waals surface area (Å²) in [5.74, 6) is 5.28. The molecule has 68 valence electrons. The van der Waals surface area contributed by atoms with Crippen LogP contribution in [0.1, 0.15) is 33.1 Å². The van der Waals surface area contributed by atoms with Gasteiger partial charge >= 0.3 is 0 Å². The number of fused-ring (bicyclic) bond motifs is 5. The van der Waals surface area contributed by atoms with E-state index in [1.165, 1.54) is 19.3 Å². The molecule has 6 unspecified atom stereocenters. The van der Waals surface area contributed by atoms with E-state index >= 15 is 0 Å². The highest BCUT2D eigenvalue weighted by molar-refractivity contribution is 7.81. The van der Waals surface area contributed by atoms with Crippen molar-refractivity contribution < 1.29 is 0 Å². The van der Waals surface area contributed by atoms with Gasteiger partial charge in [-0.15, -0.1) is 0 Å². The average Bonchev–Trinajstić information content (AvgIpc) is 2.56. The zero-order valence-corrected chi connectivity index (χ0v) is 8.85. The van der Waals surface area contributed by atoms with Gasteiger partial charge in [0, 0.05) is 4.75 Å². The van der Waals surface area contributed by atoms with E-state index in [-0.39, 0.29) is 0 Å². The summed E-state index contributed by atoms with van der Waals surface area (Å²) in [4.78, 5) is 0. The largest absolute Gasteiger partial charge is 0.172 e. The van der Waals surface area contributed by atoms with Crippen molar-refractivity contribution in [1.29, 1.82) is 0 Å². The minimum atomic E-state index is 0.376. The van der Waals surface area contributed by atoms with Gasteiger partial charge in [0.15, 0.2) is 0 Å². The molecule has 0 amide bonds. The molecule has 12 heavy (non-hydrogen) atoms. The highest BCUT2D eigenvalue weighted by atomic mass is 32.1. The summed E-state index contributed by atoms with van der Waals surface area (Å²) in [6, 6.07) is 0. The summed E-state index contributed by atoms with van der Waals surface area (Å²) in [6.07, 6.45) is 4.33. The topological polar surface area (TPSA) is 0 Å². The number of thiol groups is 1. The zero-order chi connectivity index (χ0) is 8.51. The number of hydrogen-bond donors (Lipinski definition) is 1. The van der Waals surface area contributed by atoms with Crippen LogP contribution in [0.4, 0.5) is 0 Å². The Hall–Kier alpha value is 0.350. The van der Waals surface area contributed by atoms with Crippen LogP contribution < -0.4 is 0 Å². The molecule has 0 N–H and O–H groups in total. The first-order chi connectivity index (χ1) is 5.61. The summed E-state index contributed by atoms with van der Waals surface area (Å²) in [7, 11) is 0. The molecule has 3 rings (SSSR count). The Morgan fingerprint density at radius 3 is 2.83 bits per heavy atom. The summed E-state index contributed by atoms with van der Waals surface area (Å²) >= 11 is 4.85. The maximum absolute atomic E-state index is 4.85. The van der Waals surface area contributed by atoms with Crippen LogP contribution in [0, 0.1) is 29.6 Å². The first kappa shape index (κ1) is 7.73. The molecule has 3 aliphatic rings. The first-order valence-electron chi connectivity index (χ1n) is 5.33. The molecule has 0 aromatic heterocycles. The minimum Gasteiger partial charge on any atom is -0.172 e. The van der Waals surface area contributed by atoms with Crippen molar-refractivity contribution in [3.8, 4) is 0 Å². The molecule has 3 fully saturated rings. The molecule has 0 radical (unpaired) electrons. The van der Waals surface area contributed by atoms with Crippen LogP contribution in [0.15, 0.2) is 0 Å². The summed E-state index contributed by atoms with van der Waals surface area (Å²) in [5.41, 5.74) is 0. The average molecular weight is 182 g/mol. The Morgan fingerprint density at radius 1 is 1.33 bits per heavy atom. The van der Waals surface area contributed by atoms with Crippen molar-refractivity contribution in [1.82, 2.24) is 0 Å². The molecule has 0 aromatic rings. The van der Waals surface area contributed by atoms with Gasteiger partial charge in [0.25, 0.3) is 0 Å². The van der Waals surface area contributed by atoms with E-state index in [0.29, 0.717) is 4.75 Å². The van der Waals surface area contributed by atoms with Gasteiger partial charge in [-0.1, -0.05) is 13.8 Å². The summed E-state index contributed by atoms with van der Waals surface area (Å²) in [5, 5.41) is 0. The van der Waals surface area contributed by atoms with Crippen LogP contribution >= 0.6 is 12.6 Å². The number of hydrogen-bond acceptors (Lipinski definition) is 1. The highest BCUT2D eigenvalue weighted by Gasteiger charge is 2.65. The third-order valence-corrected chi connectivity index (χ3v) is 5.46. The molecule has 0 saturated heterocycles. The predicted octanol–water partition coefficient (Wildman–Crippen LogP) is 2.99. The Balaban J connectivity index is 1.92. The second-order valence-electron chi connectivity index (χ2n) is 5.51. The lowest BCUT2D eigenvalue weighted by atomic mass is 9.75. The molecule has 6 atom stereocenters. The molecule has 2 bridgehead atoms. The summed E-state index contributed by atoms with van der Waals surface area (Å²) in [6.45, 7) is 4.81. The number of rotatable bonds is 0. The van der Waals surface area contributed by atoms with Crippen LogP contribution in [-0.2, 0) is 0 Å². The van der Waals surface area contributed by atoms with E-state index in [4.69, 9.17) is 12.6 Å². The van der Waals surface area contributed by atoms with E-state index in [1.807, 2.05) is 0 Å². The monoisotopic (exact) mass is 182 g/mol. The Bertz CT molecular complexity index is 221. The normalized spacial score (nSPS) is 67.8. The van der Waals surface area contributed by atoms with Crippen LogP contribution in [0.5, 0.6) is 0 Å². The third-order valence-electron chi connectivity index (χ3n) is 4.90. The van der Waals surface area contributed by atoms with Crippen molar-refractivity contribution in [3.63, 3.8) is 0 Å². The van der Waals surface area contributed by atoms with Gasteiger partial charge in [0.05, 0.1) is 0 Å². The van der Waals surface area contributed by atoms with Crippen LogP contribution in [0.2, 0.25) is 0 Å². The van der Waals surface area contributed by atoms with Crippen LogP contribution in [0.3, 0.4) is 0 Å². The fraction of sp³-hybridized carbons (Fsp3) is 1.00. The second kappa shape index (κ2) is 2.05. The van der Waals surface area contributed by atoms with E-state index in [1.54, 1.807) is 0 Å². The van der Waals surface area contributed by atoms with Crippen molar-refractivity contribution >= 4 is 12.6 Å². The molecular formula is C11H18S. The molecule has 0 aliphatic heterocycles. The highest BCUT2D eigenvalue weighted by Crippen LogP contribution is 2.70. The maximum Gasteiger partial charge on any atom is 0.0133 e. The van der Waals surface area contributed by atoms with Crippen molar-refractivity contribution in [2.24, 2.45) is 29.6 Å². The van der Waals surface area contributed by atoms with Gasteiger partial charge in [-0.3, -0.25) is 0 Å². The van der Waals surface area contributed by atoms with Gasteiger partial charge < -0.3 is 0 Å². The van der Waals surface area contributed by atoms with E-state index in [2.05, 4.69) is 13.8 Å². The van der Waals surface area contributed by atoms with Gasteiger partial charge in [-0.2, -0.15) is 12.6 Å². The summed E-state index contributed by atoms with van der Waals surface area (Å²) < 4.78 is 0.376. The quantitative estimate of drug-likeness (QED) is 0.547. The third kappa shape index (κ3) is 0.767. The molecule has 0 heterocycles. The van der Waals surface area contributed by atoms with Crippen LogP contribution in [0.25, 0.3) is 0 Å². The second-order valence-corrected chi connectivity index (χ2v) is 6.53. The molecule has 0 aromatic carbocycles. The van der Waals surface area contributed by atoms with E-state index < -0.39 is 0 Å². The standard InChI is InChI=1S/C11H18S/c1-6-9-7-3-4-11(2,12)8(5-7)10(6)9/h6-10,12H,3-5H2,1-2H3. The smallest absolute Gasteiger partial charge is 0.0133 e. The lowest BCUT2D eigenvalue weighted by Gasteiger charge is -2.38. The van der Waals surface area contributed by atoms with Crippen molar-refractivity contribution in [3.05, 3.63) is 0 Å². The van der Waals surface area contributed by atoms with Crippen LogP contribution in [-0.4, -0.2) is 4.75 Å².